The second kappa shape index (κ2) is 9.51. The van der Waals surface area contributed by atoms with E-state index < -0.39 is 5.91 Å². The number of aromatic nitrogens is 1. The molecule has 0 aliphatic carbocycles. The Morgan fingerprint density at radius 2 is 1.67 bits per heavy atom. The van der Waals surface area contributed by atoms with Gasteiger partial charge in [0.25, 0.3) is 11.8 Å². The second-order valence-corrected chi connectivity index (χ2v) is 6.58. The lowest BCUT2D eigenvalue weighted by atomic mass is 10.1. The van der Waals surface area contributed by atoms with E-state index in [9.17, 15) is 19.2 Å². The molecule has 2 aromatic carbocycles. The normalized spacial score (nSPS) is 10.4. The number of hydrogen-bond donors (Lipinski definition) is 4. The molecular weight excluding hydrogens is 384 g/mol. The molecule has 0 aliphatic heterocycles. The SMILES string of the molecule is CCNC(=O)CCNC(=O)c1ccc(NC(=O)c2cc(=O)[nH]c3ccccc23)cc1. The maximum absolute atomic E-state index is 12.7. The molecule has 8 heteroatoms. The maximum Gasteiger partial charge on any atom is 0.256 e. The predicted molar refractivity (Wildman–Crippen MR) is 115 cm³/mol. The van der Waals surface area contributed by atoms with Crippen LogP contribution in [-0.2, 0) is 4.79 Å². The van der Waals surface area contributed by atoms with Crippen molar-refractivity contribution >= 4 is 34.3 Å². The standard InChI is InChI=1S/C22H22N4O4/c1-2-23-19(27)11-12-24-21(29)14-7-9-15(10-8-14)25-22(30)17-13-20(28)26-18-6-4-3-5-16(17)18/h3-10,13H,2,11-12H2,1H3,(H,23,27)(H,24,29)(H,25,30)(H,26,28). The molecule has 3 amide bonds. The van der Waals surface area contributed by atoms with Gasteiger partial charge in [-0.2, -0.15) is 0 Å². The summed E-state index contributed by atoms with van der Waals surface area (Å²) in [6, 6.07) is 14.7. The number of fused-ring (bicyclic) bond motifs is 1. The molecule has 0 fully saturated rings. The first-order valence-electron chi connectivity index (χ1n) is 9.56. The summed E-state index contributed by atoms with van der Waals surface area (Å²) in [4.78, 5) is 50.8. The molecule has 3 rings (SSSR count). The fraction of sp³-hybridized carbons (Fsp3) is 0.182. The van der Waals surface area contributed by atoms with Crippen LogP contribution in [0.1, 0.15) is 34.1 Å². The van der Waals surface area contributed by atoms with E-state index in [1.165, 1.54) is 6.07 Å². The Hall–Kier alpha value is -3.94. The molecule has 1 aromatic heterocycles. The maximum atomic E-state index is 12.7. The van der Waals surface area contributed by atoms with Crippen LogP contribution in [-0.4, -0.2) is 35.8 Å². The molecule has 4 N–H and O–H groups in total. The van der Waals surface area contributed by atoms with Crippen LogP contribution in [0.3, 0.4) is 0 Å². The Balaban J connectivity index is 1.65. The summed E-state index contributed by atoms with van der Waals surface area (Å²) in [5.41, 5.74) is 1.38. The first-order chi connectivity index (χ1) is 14.5. The lowest BCUT2D eigenvalue weighted by molar-refractivity contribution is -0.120. The lowest BCUT2D eigenvalue weighted by Crippen LogP contribution is -2.30. The highest BCUT2D eigenvalue weighted by molar-refractivity contribution is 6.12. The van der Waals surface area contributed by atoms with Crippen LogP contribution in [0.15, 0.2) is 59.4 Å². The van der Waals surface area contributed by atoms with Crippen LogP contribution in [0, 0.1) is 0 Å². The molecule has 0 aliphatic rings. The van der Waals surface area contributed by atoms with Crippen molar-refractivity contribution in [2.45, 2.75) is 13.3 Å². The van der Waals surface area contributed by atoms with E-state index in [1.807, 2.05) is 6.92 Å². The second-order valence-electron chi connectivity index (χ2n) is 6.58. The molecule has 0 spiro atoms. The van der Waals surface area contributed by atoms with E-state index in [2.05, 4.69) is 20.9 Å². The Labute approximate surface area is 172 Å². The van der Waals surface area contributed by atoms with Crippen LogP contribution >= 0.6 is 0 Å². The predicted octanol–water partition coefficient (Wildman–Crippen LogP) is 2.04. The molecule has 0 atom stereocenters. The number of H-pyrrole nitrogens is 1. The molecule has 30 heavy (non-hydrogen) atoms. The number of carbonyl (C=O) groups excluding carboxylic acids is 3. The summed E-state index contributed by atoms with van der Waals surface area (Å²) in [5.74, 6) is -0.850. The number of hydrogen-bond acceptors (Lipinski definition) is 4. The van der Waals surface area contributed by atoms with E-state index in [0.717, 1.165) is 0 Å². The van der Waals surface area contributed by atoms with Gasteiger partial charge in [-0.15, -0.1) is 0 Å². The van der Waals surface area contributed by atoms with Gasteiger partial charge < -0.3 is 20.9 Å². The Morgan fingerprint density at radius 1 is 0.933 bits per heavy atom. The van der Waals surface area contributed by atoms with E-state index in [4.69, 9.17) is 0 Å². The monoisotopic (exact) mass is 406 g/mol. The first kappa shape index (κ1) is 20.8. The van der Waals surface area contributed by atoms with Crippen LogP contribution in [0.4, 0.5) is 5.69 Å². The van der Waals surface area contributed by atoms with Crippen molar-refractivity contribution in [3.63, 3.8) is 0 Å². The third-order valence-corrected chi connectivity index (χ3v) is 4.41. The Bertz CT molecular complexity index is 1140. The fourth-order valence-electron chi connectivity index (χ4n) is 2.97. The highest BCUT2D eigenvalue weighted by Gasteiger charge is 2.13. The molecule has 0 radical (unpaired) electrons. The number of carbonyl (C=O) groups is 3. The fourth-order valence-corrected chi connectivity index (χ4v) is 2.97. The minimum absolute atomic E-state index is 0.122. The summed E-state index contributed by atoms with van der Waals surface area (Å²) >= 11 is 0. The van der Waals surface area contributed by atoms with E-state index >= 15 is 0 Å². The zero-order chi connectivity index (χ0) is 21.5. The zero-order valence-corrected chi connectivity index (χ0v) is 16.5. The van der Waals surface area contributed by atoms with Crippen molar-refractivity contribution in [3.05, 3.63) is 76.1 Å². The summed E-state index contributed by atoms with van der Waals surface area (Å²) in [5, 5.41) is 8.71. The van der Waals surface area contributed by atoms with Crippen LogP contribution in [0.25, 0.3) is 10.9 Å². The zero-order valence-electron chi connectivity index (χ0n) is 16.5. The molecular formula is C22H22N4O4. The van der Waals surface area contributed by atoms with Gasteiger partial charge in [-0.05, 0) is 37.3 Å². The van der Waals surface area contributed by atoms with Gasteiger partial charge in [-0.25, -0.2) is 0 Å². The average Bonchev–Trinajstić information content (AvgIpc) is 2.73. The summed E-state index contributed by atoms with van der Waals surface area (Å²) < 4.78 is 0. The first-order valence-corrected chi connectivity index (χ1v) is 9.56. The van der Waals surface area contributed by atoms with Crippen molar-refractivity contribution < 1.29 is 14.4 Å². The summed E-state index contributed by atoms with van der Waals surface area (Å²) in [7, 11) is 0. The Kier molecular flexibility index (Phi) is 6.59. The third-order valence-electron chi connectivity index (χ3n) is 4.41. The number of amides is 3. The van der Waals surface area contributed by atoms with Gasteiger partial charge in [-0.3, -0.25) is 19.2 Å². The molecule has 0 saturated heterocycles. The van der Waals surface area contributed by atoms with Gasteiger partial charge in [0.05, 0.1) is 5.56 Å². The number of rotatable bonds is 7. The van der Waals surface area contributed by atoms with Crippen molar-refractivity contribution in [3.8, 4) is 0 Å². The van der Waals surface area contributed by atoms with Crippen LogP contribution in [0.5, 0.6) is 0 Å². The smallest absolute Gasteiger partial charge is 0.256 e. The van der Waals surface area contributed by atoms with Crippen molar-refractivity contribution in [2.75, 3.05) is 18.4 Å². The number of benzene rings is 2. The molecule has 0 unspecified atom stereocenters. The summed E-state index contributed by atoms with van der Waals surface area (Å²) in [6.45, 7) is 2.61. The molecule has 154 valence electrons. The highest BCUT2D eigenvalue weighted by Crippen LogP contribution is 2.17. The highest BCUT2D eigenvalue weighted by atomic mass is 16.2. The quantitative estimate of drug-likeness (QED) is 0.480. The van der Waals surface area contributed by atoms with Gasteiger partial charge >= 0.3 is 0 Å². The third kappa shape index (κ3) is 5.11. The minimum Gasteiger partial charge on any atom is -0.356 e. The van der Waals surface area contributed by atoms with Gasteiger partial charge in [-0.1, -0.05) is 18.2 Å². The van der Waals surface area contributed by atoms with Crippen LogP contribution in [0.2, 0.25) is 0 Å². The molecule has 1 heterocycles. The number of pyridine rings is 1. The number of nitrogens with one attached hydrogen (secondary N) is 4. The Morgan fingerprint density at radius 3 is 2.40 bits per heavy atom. The van der Waals surface area contributed by atoms with Gasteiger partial charge in [0.15, 0.2) is 0 Å². The largest absolute Gasteiger partial charge is 0.356 e. The van der Waals surface area contributed by atoms with Crippen molar-refractivity contribution in [1.29, 1.82) is 0 Å². The number of aromatic amines is 1. The minimum atomic E-state index is -0.420. The number of para-hydroxylation sites is 1. The molecule has 8 nitrogen and oxygen atoms in total. The van der Waals surface area contributed by atoms with E-state index in [0.29, 0.717) is 28.7 Å². The van der Waals surface area contributed by atoms with E-state index in [1.54, 1.807) is 48.5 Å². The van der Waals surface area contributed by atoms with Gasteiger partial charge in [0.1, 0.15) is 0 Å². The summed E-state index contributed by atoms with van der Waals surface area (Å²) in [6.07, 6.45) is 0.206. The van der Waals surface area contributed by atoms with E-state index in [-0.39, 0.29) is 35.9 Å². The van der Waals surface area contributed by atoms with Crippen molar-refractivity contribution in [1.82, 2.24) is 15.6 Å². The molecule has 0 saturated carbocycles. The topological polar surface area (TPSA) is 120 Å². The van der Waals surface area contributed by atoms with Crippen molar-refractivity contribution in [2.24, 2.45) is 0 Å². The molecule has 0 bridgehead atoms. The molecule has 3 aromatic rings. The lowest BCUT2D eigenvalue weighted by Gasteiger charge is -2.09. The van der Waals surface area contributed by atoms with Gasteiger partial charge in [0, 0.05) is 47.7 Å². The van der Waals surface area contributed by atoms with Crippen LogP contribution < -0.4 is 21.5 Å². The average molecular weight is 406 g/mol. The number of anilines is 1. The van der Waals surface area contributed by atoms with Gasteiger partial charge in [0.2, 0.25) is 11.5 Å².